The summed E-state index contributed by atoms with van der Waals surface area (Å²) in [7, 11) is -3.08. The summed E-state index contributed by atoms with van der Waals surface area (Å²) in [6.45, 7) is 0. The van der Waals surface area contributed by atoms with Crippen LogP contribution < -0.4 is 11.1 Å². The molecule has 0 heterocycles. The van der Waals surface area contributed by atoms with Crippen LogP contribution in [0.5, 0.6) is 0 Å². The van der Waals surface area contributed by atoms with Crippen molar-refractivity contribution in [3.8, 4) is 0 Å². The summed E-state index contributed by atoms with van der Waals surface area (Å²) in [5.41, 5.74) is 7.15. The molecule has 6 heteroatoms. The first-order chi connectivity index (χ1) is 10.8. The molecule has 1 aliphatic rings. The summed E-state index contributed by atoms with van der Waals surface area (Å²) in [4.78, 5) is 12.0. The largest absolute Gasteiger partial charge is 0.352 e. The maximum atomic E-state index is 12.0. The number of sulfone groups is 1. The number of rotatable bonds is 6. The summed E-state index contributed by atoms with van der Waals surface area (Å²) >= 11 is 0. The summed E-state index contributed by atoms with van der Waals surface area (Å²) in [5, 5.41) is 2.97. The Bertz CT molecular complexity index is 608. The second kappa shape index (κ2) is 7.93. The van der Waals surface area contributed by atoms with Gasteiger partial charge in [0.15, 0.2) is 0 Å². The second-order valence-electron chi connectivity index (χ2n) is 6.49. The predicted octanol–water partition coefficient (Wildman–Crippen LogP) is 1.59. The highest BCUT2D eigenvalue weighted by molar-refractivity contribution is 7.90. The third kappa shape index (κ3) is 5.95. The number of carbonyl (C=O) groups is 1. The van der Waals surface area contributed by atoms with Gasteiger partial charge in [-0.3, -0.25) is 4.79 Å². The van der Waals surface area contributed by atoms with Crippen molar-refractivity contribution in [2.45, 2.75) is 50.1 Å². The molecule has 1 unspecified atom stereocenters. The smallest absolute Gasteiger partial charge is 0.237 e. The fraction of sp³-hybridized carbons (Fsp3) is 0.588. The van der Waals surface area contributed by atoms with Crippen molar-refractivity contribution in [1.29, 1.82) is 0 Å². The molecule has 0 saturated heterocycles. The molecule has 1 aromatic carbocycles. The SMILES string of the molecule is CS(=O)(=O)CCC(N)C(=O)NC1CCC(c2ccccc2)CC1. The molecule has 2 rings (SSSR count). The van der Waals surface area contributed by atoms with Crippen molar-refractivity contribution >= 4 is 15.7 Å². The summed E-state index contributed by atoms with van der Waals surface area (Å²) in [5.74, 6) is 0.266. The quantitative estimate of drug-likeness (QED) is 0.824. The summed E-state index contributed by atoms with van der Waals surface area (Å²) in [6.07, 6.45) is 5.29. The van der Waals surface area contributed by atoms with E-state index in [9.17, 15) is 13.2 Å². The van der Waals surface area contributed by atoms with E-state index >= 15 is 0 Å². The van der Waals surface area contributed by atoms with Gasteiger partial charge >= 0.3 is 0 Å². The Morgan fingerprint density at radius 1 is 1.22 bits per heavy atom. The minimum absolute atomic E-state index is 0.0532. The first-order valence-corrected chi connectivity index (χ1v) is 10.2. The molecule has 128 valence electrons. The zero-order valence-electron chi connectivity index (χ0n) is 13.6. The molecule has 1 saturated carbocycles. The van der Waals surface area contributed by atoms with Gasteiger partial charge in [-0.05, 0) is 43.6 Å². The van der Waals surface area contributed by atoms with E-state index in [-0.39, 0.29) is 24.1 Å². The first kappa shape index (κ1) is 17.9. The molecule has 5 nitrogen and oxygen atoms in total. The van der Waals surface area contributed by atoms with E-state index < -0.39 is 15.9 Å². The predicted molar refractivity (Wildman–Crippen MR) is 91.9 cm³/mol. The van der Waals surface area contributed by atoms with Gasteiger partial charge in [-0.1, -0.05) is 30.3 Å². The van der Waals surface area contributed by atoms with Gasteiger partial charge in [0.2, 0.25) is 5.91 Å². The molecule has 1 amide bonds. The lowest BCUT2D eigenvalue weighted by Crippen LogP contribution is -2.47. The molecule has 1 aliphatic carbocycles. The number of amides is 1. The molecule has 3 N–H and O–H groups in total. The van der Waals surface area contributed by atoms with E-state index in [2.05, 4.69) is 29.6 Å². The molecular weight excluding hydrogens is 312 g/mol. The molecule has 23 heavy (non-hydrogen) atoms. The van der Waals surface area contributed by atoms with Gasteiger partial charge in [-0.25, -0.2) is 8.42 Å². The van der Waals surface area contributed by atoms with Gasteiger partial charge in [0.1, 0.15) is 9.84 Å². The van der Waals surface area contributed by atoms with Gasteiger partial charge in [0, 0.05) is 12.3 Å². The van der Waals surface area contributed by atoms with Crippen LogP contribution in [0.2, 0.25) is 0 Å². The van der Waals surface area contributed by atoms with Crippen LogP contribution in [0.1, 0.15) is 43.6 Å². The number of nitrogens with two attached hydrogens (primary N) is 1. The van der Waals surface area contributed by atoms with Crippen LogP contribution in [0, 0.1) is 0 Å². The number of benzene rings is 1. The maximum absolute atomic E-state index is 12.0. The molecule has 1 atom stereocenters. The summed E-state index contributed by atoms with van der Waals surface area (Å²) < 4.78 is 22.3. The molecule has 0 spiro atoms. The van der Waals surface area contributed by atoms with Gasteiger partial charge in [0.25, 0.3) is 0 Å². The minimum atomic E-state index is -3.08. The van der Waals surface area contributed by atoms with Gasteiger partial charge in [0.05, 0.1) is 11.8 Å². The van der Waals surface area contributed by atoms with Gasteiger partial charge in [-0.2, -0.15) is 0 Å². The van der Waals surface area contributed by atoms with E-state index in [0.717, 1.165) is 31.9 Å². The van der Waals surface area contributed by atoms with Crippen LogP contribution in [0.4, 0.5) is 0 Å². The third-order valence-electron chi connectivity index (χ3n) is 4.48. The van der Waals surface area contributed by atoms with E-state index in [0.29, 0.717) is 5.92 Å². The Morgan fingerprint density at radius 2 is 1.83 bits per heavy atom. The van der Waals surface area contributed by atoms with Crippen molar-refractivity contribution in [3.63, 3.8) is 0 Å². The normalized spacial score (nSPS) is 23.2. The maximum Gasteiger partial charge on any atom is 0.237 e. The van der Waals surface area contributed by atoms with Crippen LogP contribution in [0.3, 0.4) is 0 Å². The summed E-state index contributed by atoms with van der Waals surface area (Å²) in [6, 6.07) is 9.85. The van der Waals surface area contributed by atoms with E-state index in [4.69, 9.17) is 5.73 Å². The molecule has 0 aromatic heterocycles. The highest BCUT2D eigenvalue weighted by Gasteiger charge is 2.25. The fourth-order valence-electron chi connectivity index (χ4n) is 3.08. The van der Waals surface area contributed by atoms with E-state index in [1.165, 1.54) is 5.56 Å². The van der Waals surface area contributed by atoms with Crippen molar-refractivity contribution in [2.75, 3.05) is 12.0 Å². The molecule has 1 aromatic rings. The van der Waals surface area contributed by atoms with Gasteiger partial charge in [-0.15, -0.1) is 0 Å². The van der Waals surface area contributed by atoms with Crippen LogP contribution in [-0.2, 0) is 14.6 Å². The lowest BCUT2D eigenvalue weighted by atomic mass is 9.81. The first-order valence-electron chi connectivity index (χ1n) is 8.14. The van der Waals surface area contributed by atoms with Crippen molar-refractivity contribution < 1.29 is 13.2 Å². The number of carbonyl (C=O) groups excluding carboxylic acids is 1. The topological polar surface area (TPSA) is 89.3 Å². The molecule has 0 radical (unpaired) electrons. The van der Waals surface area contributed by atoms with Crippen LogP contribution in [0.15, 0.2) is 30.3 Å². The molecular formula is C17H26N2O3S. The third-order valence-corrected chi connectivity index (χ3v) is 5.46. The van der Waals surface area contributed by atoms with Crippen molar-refractivity contribution in [2.24, 2.45) is 5.73 Å². The van der Waals surface area contributed by atoms with E-state index in [1.807, 2.05) is 6.07 Å². The molecule has 1 fully saturated rings. The van der Waals surface area contributed by atoms with Crippen molar-refractivity contribution in [3.05, 3.63) is 35.9 Å². The zero-order valence-corrected chi connectivity index (χ0v) is 14.4. The molecule has 0 aliphatic heterocycles. The standard InChI is InChI=1S/C17H26N2O3S/c1-23(21,22)12-11-16(18)17(20)19-15-9-7-14(8-10-15)13-5-3-2-4-6-13/h2-6,14-16H,7-12,18H2,1H3,(H,19,20). The highest BCUT2D eigenvalue weighted by Crippen LogP contribution is 2.32. The number of hydrogen-bond acceptors (Lipinski definition) is 4. The van der Waals surface area contributed by atoms with Crippen LogP contribution in [0.25, 0.3) is 0 Å². The Morgan fingerprint density at radius 3 is 2.39 bits per heavy atom. The fourth-order valence-corrected chi connectivity index (χ4v) is 3.76. The Hall–Kier alpha value is -1.40. The van der Waals surface area contributed by atoms with E-state index in [1.54, 1.807) is 0 Å². The average molecular weight is 338 g/mol. The number of nitrogens with one attached hydrogen (secondary N) is 1. The Kier molecular flexibility index (Phi) is 6.18. The Balaban J connectivity index is 1.76. The van der Waals surface area contributed by atoms with Crippen LogP contribution in [-0.4, -0.2) is 38.4 Å². The second-order valence-corrected chi connectivity index (χ2v) is 8.75. The highest BCUT2D eigenvalue weighted by atomic mass is 32.2. The van der Waals surface area contributed by atoms with Crippen LogP contribution >= 0.6 is 0 Å². The number of hydrogen-bond donors (Lipinski definition) is 2. The van der Waals surface area contributed by atoms with Crippen molar-refractivity contribution in [1.82, 2.24) is 5.32 Å². The zero-order chi connectivity index (χ0) is 16.9. The molecule has 0 bridgehead atoms. The minimum Gasteiger partial charge on any atom is -0.352 e. The van der Waals surface area contributed by atoms with Gasteiger partial charge < -0.3 is 11.1 Å². The monoisotopic (exact) mass is 338 g/mol. The average Bonchev–Trinajstić information content (AvgIpc) is 2.53. The lowest BCUT2D eigenvalue weighted by molar-refractivity contribution is -0.123. The Labute approximate surface area is 138 Å². The lowest BCUT2D eigenvalue weighted by Gasteiger charge is -2.30.